The van der Waals surface area contributed by atoms with Crippen LogP contribution in [0.25, 0.3) is 21.8 Å². The number of aromatic amines is 2. The Hall–Kier alpha value is -2.94. The van der Waals surface area contributed by atoms with Crippen molar-refractivity contribution in [3.05, 3.63) is 64.9 Å². The van der Waals surface area contributed by atoms with Gasteiger partial charge in [0.25, 0.3) is 0 Å². The van der Waals surface area contributed by atoms with E-state index >= 15 is 0 Å². The molecule has 2 N–H and O–H groups in total. The number of fused-ring (bicyclic) bond motifs is 2. The molecule has 1 aliphatic rings. The Morgan fingerprint density at radius 1 is 1.00 bits per heavy atom. The number of piperazine rings is 1. The van der Waals surface area contributed by atoms with Crippen molar-refractivity contribution in [3.63, 3.8) is 0 Å². The molecule has 5 nitrogen and oxygen atoms in total. The fourth-order valence-corrected chi connectivity index (χ4v) is 4.50. The highest BCUT2D eigenvalue weighted by molar-refractivity contribution is 6.31. The third-order valence-electron chi connectivity index (χ3n) is 5.90. The van der Waals surface area contributed by atoms with E-state index in [2.05, 4.69) is 50.2 Å². The molecule has 5 rings (SSSR count). The molecule has 0 aliphatic carbocycles. The molecule has 3 heterocycles. The average Bonchev–Trinajstić information content (AvgIpc) is 3.35. The summed E-state index contributed by atoms with van der Waals surface area (Å²) in [6, 6.07) is 16.5. The van der Waals surface area contributed by atoms with Crippen molar-refractivity contribution in [1.29, 1.82) is 5.26 Å². The molecule has 2 aromatic heterocycles. The van der Waals surface area contributed by atoms with Crippen LogP contribution in [0, 0.1) is 11.3 Å². The molecule has 0 amide bonds. The number of nitriles is 1. The number of H-pyrrole nitrogens is 2. The lowest BCUT2D eigenvalue weighted by Crippen LogP contribution is -2.47. The van der Waals surface area contributed by atoms with Crippen LogP contribution in [0.2, 0.25) is 5.02 Å². The predicted molar refractivity (Wildman–Crippen MR) is 119 cm³/mol. The van der Waals surface area contributed by atoms with Gasteiger partial charge in [-0.15, -0.1) is 0 Å². The summed E-state index contributed by atoms with van der Waals surface area (Å²) in [4.78, 5) is 11.5. The molecule has 2 aromatic carbocycles. The molecule has 0 bridgehead atoms. The van der Waals surface area contributed by atoms with Crippen molar-refractivity contribution in [2.45, 2.75) is 6.42 Å². The summed E-state index contributed by atoms with van der Waals surface area (Å²) in [5.74, 6) is 0. The van der Waals surface area contributed by atoms with Crippen LogP contribution in [0.4, 0.5) is 5.69 Å². The normalized spacial score (nSPS) is 15.2. The summed E-state index contributed by atoms with van der Waals surface area (Å²) in [6.45, 7) is 5.13. The lowest BCUT2D eigenvalue weighted by molar-refractivity contribution is 0.261. The molecular formula is C23H22ClN5. The smallest absolute Gasteiger partial charge is 0.118 e. The molecule has 1 fully saturated rings. The van der Waals surface area contributed by atoms with Gasteiger partial charge in [0, 0.05) is 71.4 Å². The highest BCUT2D eigenvalue weighted by atomic mass is 35.5. The van der Waals surface area contributed by atoms with Crippen molar-refractivity contribution in [3.8, 4) is 6.07 Å². The van der Waals surface area contributed by atoms with Gasteiger partial charge in [-0.3, -0.25) is 4.90 Å². The van der Waals surface area contributed by atoms with Crippen LogP contribution in [0.5, 0.6) is 0 Å². The van der Waals surface area contributed by atoms with Gasteiger partial charge in [0.2, 0.25) is 0 Å². The summed E-state index contributed by atoms with van der Waals surface area (Å²) in [5, 5.41) is 12.3. The van der Waals surface area contributed by atoms with Gasteiger partial charge < -0.3 is 14.9 Å². The Morgan fingerprint density at radius 2 is 1.86 bits per heavy atom. The Labute approximate surface area is 174 Å². The first-order valence-corrected chi connectivity index (χ1v) is 10.3. The maximum absolute atomic E-state index is 9.18. The number of benzene rings is 2. The third kappa shape index (κ3) is 3.46. The summed E-state index contributed by atoms with van der Waals surface area (Å²) in [6.07, 6.45) is 3.14. The van der Waals surface area contributed by atoms with Crippen LogP contribution in [-0.2, 0) is 6.42 Å². The fourth-order valence-electron chi connectivity index (χ4n) is 4.33. The Balaban J connectivity index is 1.24. The molecule has 0 unspecified atom stereocenters. The maximum atomic E-state index is 9.18. The van der Waals surface area contributed by atoms with Crippen LogP contribution in [0.15, 0.2) is 48.7 Å². The summed E-state index contributed by atoms with van der Waals surface area (Å²) >= 11 is 6.09. The molecule has 1 saturated heterocycles. The van der Waals surface area contributed by atoms with E-state index in [1.165, 1.54) is 16.6 Å². The minimum atomic E-state index is 0.617. The Kier molecular flexibility index (Phi) is 4.67. The monoisotopic (exact) mass is 403 g/mol. The number of rotatable bonds is 4. The molecule has 0 radical (unpaired) electrons. The molecule has 6 heteroatoms. The zero-order chi connectivity index (χ0) is 19.8. The minimum absolute atomic E-state index is 0.617. The second kappa shape index (κ2) is 7.47. The maximum Gasteiger partial charge on any atom is 0.118 e. The van der Waals surface area contributed by atoms with E-state index in [0.29, 0.717) is 5.69 Å². The second-order valence-corrected chi connectivity index (χ2v) is 8.05. The molecule has 0 atom stereocenters. The molecule has 146 valence electrons. The number of aromatic nitrogens is 2. The topological polar surface area (TPSA) is 61.9 Å². The van der Waals surface area contributed by atoms with E-state index in [-0.39, 0.29) is 0 Å². The van der Waals surface area contributed by atoms with Gasteiger partial charge in [0.05, 0.1) is 0 Å². The first-order valence-electron chi connectivity index (χ1n) is 9.96. The van der Waals surface area contributed by atoms with Gasteiger partial charge >= 0.3 is 0 Å². The summed E-state index contributed by atoms with van der Waals surface area (Å²) in [7, 11) is 0. The van der Waals surface area contributed by atoms with Gasteiger partial charge in [-0.25, -0.2) is 0 Å². The molecule has 29 heavy (non-hydrogen) atoms. The number of hydrogen-bond acceptors (Lipinski definition) is 3. The van der Waals surface area contributed by atoms with Crippen molar-refractivity contribution in [1.82, 2.24) is 14.9 Å². The highest BCUT2D eigenvalue weighted by Gasteiger charge is 2.19. The van der Waals surface area contributed by atoms with Crippen molar-refractivity contribution >= 4 is 39.1 Å². The van der Waals surface area contributed by atoms with Gasteiger partial charge in [-0.05, 0) is 42.3 Å². The predicted octanol–water partition coefficient (Wildman–Crippen LogP) is 4.54. The average molecular weight is 404 g/mol. The largest absolute Gasteiger partial charge is 0.368 e. The minimum Gasteiger partial charge on any atom is -0.368 e. The number of anilines is 1. The van der Waals surface area contributed by atoms with Gasteiger partial charge in [0.15, 0.2) is 0 Å². The number of nitrogens with one attached hydrogen (secondary N) is 2. The summed E-state index contributed by atoms with van der Waals surface area (Å²) < 4.78 is 0. The molecule has 0 saturated carbocycles. The quantitative estimate of drug-likeness (QED) is 0.526. The molecular weight excluding hydrogens is 382 g/mol. The van der Waals surface area contributed by atoms with Crippen LogP contribution in [0.3, 0.4) is 0 Å². The van der Waals surface area contributed by atoms with E-state index in [1.54, 1.807) is 0 Å². The fraction of sp³-hybridized carbons (Fsp3) is 0.261. The lowest BCUT2D eigenvalue weighted by Gasteiger charge is -2.36. The Morgan fingerprint density at radius 3 is 2.69 bits per heavy atom. The van der Waals surface area contributed by atoms with Crippen LogP contribution >= 0.6 is 11.6 Å². The van der Waals surface area contributed by atoms with E-state index in [0.717, 1.165) is 60.6 Å². The SMILES string of the molecule is N#Cc1cc2c(N3CCN(CCc4c[nH]c5cc(Cl)ccc45)CC3)cccc2[nH]1. The standard InChI is InChI=1S/C23H22ClN5/c24-17-4-5-19-16(15-26-22(19)12-17)6-7-28-8-10-29(11-9-28)23-3-1-2-21-20(23)13-18(14-25)27-21/h1-5,12-13,15,26-27H,6-11H2. The molecule has 4 aromatic rings. The van der Waals surface area contributed by atoms with Crippen molar-refractivity contribution in [2.24, 2.45) is 0 Å². The number of hydrogen-bond donors (Lipinski definition) is 2. The second-order valence-electron chi connectivity index (χ2n) is 7.62. The van der Waals surface area contributed by atoms with E-state index in [1.807, 2.05) is 24.3 Å². The van der Waals surface area contributed by atoms with Crippen molar-refractivity contribution < 1.29 is 0 Å². The number of halogens is 1. The first kappa shape index (κ1) is 18.1. The highest BCUT2D eigenvalue weighted by Crippen LogP contribution is 2.28. The van der Waals surface area contributed by atoms with E-state index in [9.17, 15) is 5.26 Å². The number of nitrogens with zero attached hydrogens (tertiary/aromatic N) is 3. The summed E-state index contributed by atoms with van der Waals surface area (Å²) in [5.41, 5.74) is 5.31. The molecule has 1 aliphatic heterocycles. The van der Waals surface area contributed by atoms with Crippen molar-refractivity contribution in [2.75, 3.05) is 37.6 Å². The van der Waals surface area contributed by atoms with Crippen LogP contribution in [0.1, 0.15) is 11.3 Å². The van der Waals surface area contributed by atoms with Crippen LogP contribution in [-0.4, -0.2) is 47.6 Å². The van der Waals surface area contributed by atoms with E-state index < -0.39 is 0 Å². The zero-order valence-electron chi connectivity index (χ0n) is 16.1. The zero-order valence-corrected chi connectivity index (χ0v) is 16.8. The first-order chi connectivity index (χ1) is 14.2. The van der Waals surface area contributed by atoms with Gasteiger partial charge in [-0.1, -0.05) is 23.7 Å². The molecule has 0 spiro atoms. The Bertz CT molecular complexity index is 1210. The van der Waals surface area contributed by atoms with Gasteiger partial charge in [0.1, 0.15) is 11.8 Å². The third-order valence-corrected chi connectivity index (χ3v) is 6.14. The lowest BCUT2D eigenvalue weighted by atomic mass is 10.1. The van der Waals surface area contributed by atoms with Crippen LogP contribution < -0.4 is 4.90 Å². The van der Waals surface area contributed by atoms with Gasteiger partial charge in [-0.2, -0.15) is 5.26 Å². The van der Waals surface area contributed by atoms with E-state index in [4.69, 9.17) is 11.6 Å².